The van der Waals surface area contributed by atoms with E-state index in [0.717, 1.165) is 34.7 Å². The third-order valence-electron chi connectivity index (χ3n) is 4.88. The van der Waals surface area contributed by atoms with Gasteiger partial charge in [-0.15, -0.1) is 11.3 Å². The molecule has 1 aliphatic heterocycles. The quantitative estimate of drug-likeness (QED) is 0.547. The minimum atomic E-state index is -0.0962. The van der Waals surface area contributed by atoms with E-state index in [9.17, 15) is 4.79 Å². The molecule has 28 heavy (non-hydrogen) atoms. The molecule has 0 radical (unpaired) electrons. The number of nitrogens with one attached hydrogen (secondary N) is 2. The Morgan fingerprint density at radius 2 is 2.25 bits per heavy atom. The summed E-state index contributed by atoms with van der Waals surface area (Å²) in [5.41, 5.74) is 3.67. The van der Waals surface area contributed by atoms with Crippen molar-refractivity contribution in [2.75, 3.05) is 13.1 Å². The van der Waals surface area contributed by atoms with Gasteiger partial charge < -0.3 is 10.6 Å². The number of aromatic nitrogens is 4. The molecule has 0 unspecified atom stereocenters. The minimum absolute atomic E-state index is 0.0962. The molecule has 1 saturated heterocycles. The number of fused-ring (bicyclic) bond motifs is 1. The summed E-state index contributed by atoms with van der Waals surface area (Å²) >= 11 is 1.64. The summed E-state index contributed by atoms with van der Waals surface area (Å²) in [6.07, 6.45) is 6.38. The topological polar surface area (TPSA) is 84.2 Å². The Hall–Kier alpha value is -3.10. The van der Waals surface area contributed by atoms with Gasteiger partial charge in [-0.25, -0.2) is 9.50 Å². The van der Waals surface area contributed by atoms with Crippen LogP contribution in [0.3, 0.4) is 0 Å². The predicted molar refractivity (Wildman–Crippen MR) is 108 cm³/mol. The number of carbonyl (C=O) groups is 1. The average molecular weight is 390 g/mol. The number of thiophene rings is 1. The fourth-order valence-corrected chi connectivity index (χ4v) is 3.87. The molecule has 8 heteroatoms. The maximum Gasteiger partial charge on any atom is 0.251 e. The Morgan fingerprint density at radius 1 is 1.32 bits per heavy atom. The first kappa shape index (κ1) is 17.0. The average Bonchev–Trinajstić information content (AvgIpc) is 3.36. The van der Waals surface area contributed by atoms with Gasteiger partial charge in [-0.05, 0) is 42.6 Å². The van der Waals surface area contributed by atoms with Crippen LogP contribution in [0.15, 0.2) is 54.3 Å². The molecule has 7 nitrogen and oxygen atoms in total. The largest absolute Gasteiger partial charge is 0.350 e. The fraction of sp³-hybridized carbons (Fsp3) is 0.200. The van der Waals surface area contributed by atoms with Crippen molar-refractivity contribution < 1.29 is 4.79 Å². The molecule has 1 aliphatic rings. The maximum atomic E-state index is 12.5. The Kier molecular flexibility index (Phi) is 4.34. The van der Waals surface area contributed by atoms with Gasteiger partial charge in [-0.3, -0.25) is 9.78 Å². The van der Waals surface area contributed by atoms with E-state index in [1.807, 2.05) is 29.8 Å². The Bertz CT molecular complexity index is 1130. The molecule has 1 fully saturated rings. The third kappa shape index (κ3) is 3.17. The van der Waals surface area contributed by atoms with Gasteiger partial charge in [0.25, 0.3) is 5.91 Å². The molecule has 1 atom stereocenters. The highest BCUT2D eigenvalue weighted by Gasteiger charge is 2.18. The Labute approximate surface area is 165 Å². The first-order chi connectivity index (χ1) is 13.8. The lowest BCUT2D eigenvalue weighted by molar-refractivity contribution is 0.0945. The van der Waals surface area contributed by atoms with Crippen molar-refractivity contribution in [3.8, 4) is 21.8 Å². The predicted octanol–water partition coefficient (Wildman–Crippen LogP) is 2.61. The first-order valence-corrected chi connectivity index (χ1v) is 10.0. The fourth-order valence-electron chi connectivity index (χ4n) is 3.17. The van der Waals surface area contributed by atoms with Gasteiger partial charge in [0.15, 0.2) is 5.65 Å². The molecule has 0 spiro atoms. The molecule has 0 saturated carbocycles. The van der Waals surface area contributed by atoms with Gasteiger partial charge >= 0.3 is 0 Å². The lowest BCUT2D eigenvalue weighted by Crippen LogP contribution is -2.50. The second kappa shape index (κ2) is 7.14. The smallest absolute Gasteiger partial charge is 0.251 e. The van der Waals surface area contributed by atoms with Crippen molar-refractivity contribution in [3.05, 3.63) is 59.9 Å². The van der Waals surface area contributed by atoms with Gasteiger partial charge in [-0.1, -0.05) is 6.07 Å². The van der Waals surface area contributed by atoms with Crippen LogP contribution < -0.4 is 10.6 Å². The molecule has 5 rings (SSSR count). The van der Waals surface area contributed by atoms with Crippen LogP contribution in [0, 0.1) is 0 Å². The molecule has 0 aliphatic carbocycles. The number of rotatable bonds is 5. The van der Waals surface area contributed by atoms with Gasteiger partial charge in [-0.2, -0.15) is 5.10 Å². The molecular weight excluding hydrogens is 372 g/mol. The number of pyridine rings is 1. The van der Waals surface area contributed by atoms with E-state index >= 15 is 0 Å². The molecule has 4 aromatic rings. The van der Waals surface area contributed by atoms with Gasteiger partial charge in [0.05, 0.1) is 28.0 Å². The highest BCUT2D eigenvalue weighted by Crippen LogP contribution is 2.27. The molecule has 1 amide bonds. The van der Waals surface area contributed by atoms with E-state index in [2.05, 4.69) is 20.7 Å². The van der Waals surface area contributed by atoms with Crippen molar-refractivity contribution in [3.63, 3.8) is 0 Å². The number of nitrogens with zero attached hydrogens (tertiary/aromatic N) is 4. The summed E-state index contributed by atoms with van der Waals surface area (Å²) in [6, 6.07) is 9.89. The summed E-state index contributed by atoms with van der Waals surface area (Å²) in [5.74, 6) is -0.0962. The molecule has 0 aromatic carbocycles. The molecule has 140 valence electrons. The van der Waals surface area contributed by atoms with Crippen LogP contribution in [-0.4, -0.2) is 44.6 Å². The van der Waals surface area contributed by atoms with E-state index in [4.69, 9.17) is 4.98 Å². The van der Waals surface area contributed by atoms with Crippen molar-refractivity contribution in [2.45, 2.75) is 12.5 Å². The number of carbonyl (C=O) groups excluding carboxylic acids is 1. The van der Waals surface area contributed by atoms with Crippen molar-refractivity contribution >= 4 is 22.9 Å². The SMILES string of the molecule is O=C(NC[C@@H]1CCN1)c1ccnc(-c2cnn3ccc(-c4cccs4)nc23)c1. The van der Waals surface area contributed by atoms with E-state index in [-0.39, 0.29) is 5.91 Å². The molecular formula is C20H18N6OS. The van der Waals surface area contributed by atoms with Crippen LogP contribution in [0.1, 0.15) is 16.8 Å². The summed E-state index contributed by atoms with van der Waals surface area (Å²) in [5, 5.41) is 12.7. The van der Waals surface area contributed by atoms with Gasteiger partial charge in [0.1, 0.15) is 0 Å². The van der Waals surface area contributed by atoms with Crippen LogP contribution in [-0.2, 0) is 0 Å². The summed E-state index contributed by atoms with van der Waals surface area (Å²) in [4.78, 5) is 22.8. The van der Waals surface area contributed by atoms with Crippen LogP contribution in [0.5, 0.6) is 0 Å². The van der Waals surface area contributed by atoms with E-state index in [0.29, 0.717) is 23.8 Å². The second-order valence-corrected chi connectivity index (χ2v) is 7.64. The zero-order valence-electron chi connectivity index (χ0n) is 15.0. The van der Waals surface area contributed by atoms with E-state index in [1.165, 1.54) is 0 Å². The Morgan fingerprint density at radius 3 is 3.04 bits per heavy atom. The maximum absolute atomic E-state index is 12.5. The number of hydrogen-bond donors (Lipinski definition) is 2. The van der Waals surface area contributed by atoms with Crippen LogP contribution in [0.2, 0.25) is 0 Å². The normalized spacial score (nSPS) is 16.1. The zero-order chi connectivity index (χ0) is 18.9. The van der Waals surface area contributed by atoms with E-state index < -0.39 is 0 Å². The van der Waals surface area contributed by atoms with Crippen LogP contribution in [0.4, 0.5) is 0 Å². The summed E-state index contributed by atoms with van der Waals surface area (Å²) < 4.78 is 1.73. The van der Waals surface area contributed by atoms with Crippen molar-refractivity contribution in [2.24, 2.45) is 0 Å². The van der Waals surface area contributed by atoms with Crippen molar-refractivity contribution in [1.29, 1.82) is 0 Å². The molecule has 2 N–H and O–H groups in total. The first-order valence-electron chi connectivity index (χ1n) is 9.14. The molecule has 5 heterocycles. The third-order valence-corrected chi connectivity index (χ3v) is 5.77. The van der Waals surface area contributed by atoms with Crippen LogP contribution >= 0.6 is 11.3 Å². The van der Waals surface area contributed by atoms with Gasteiger partial charge in [0.2, 0.25) is 0 Å². The summed E-state index contributed by atoms with van der Waals surface area (Å²) in [7, 11) is 0. The van der Waals surface area contributed by atoms with E-state index in [1.54, 1.807) is 40.4 Å². The number of hydrogen-bond acceptors (Lipinski definition) is 6. The lowest BCUT2D eigenvalue weighted by atomic mass is 10.1. The minimum Gasteiger partial charge on any atom is -0.350 e. The molecule has 0 bridgehead atoms. The zero-order valence-corrected chi connectivity index (χ0v) is 15.8. The number of amides is 1. The highest BCUT2D eigenvalue weighted by molar-refractivity contribution is 7.13. The standard InChI is InChI=1S/C20H18N6OS/c27-20(23-11-14-4-7-21-14)13-3-6-22-17(10-13)15-12-24-26-8-5-16(25-19(15)26)18-2-1-9-28-18/h1-3,5-6,8-10,12,14,21H,4,7,11H2,(H,23,27)/t14-/m0/s1. The highest BCUT2D eigenvalue weighted by atomic mass is 32.1. The second-order valence-electron chi connectivity index (χ2n) is 6.70. The lowest BCUT2D eigenvalue weighted by Gasteiger charge is -2.27. The monoisotopic (exact) mass is 390 g/mol. The molecule has 4 aromatic heterocycles. The van der Waals surface area contributed by atoms with Crippen molar-refractivity contribution in [1.82, 2.24) is 30.2 Å². The Balaban J connectivity index is 1.46. The van der Waals surface area contributed by atoms with Gasteiger partial charge in [0, 0.05) is 30.5 Å². The summed E-state index contributed by atoms with van der Waals surface area (Å²) in [6.45, 7) is 1.66. The van der Waals surface area contributed by atoms with Crippen LogP contribution in [0.25, 0.3) is 27.5 Å².